The van der Waals surface area contributed by atoms with E-state index in [0.29, 0.717) is 12.5 Å². The van der Waals surface area contributed by atoms with Crippen LogP contribution in [0.2, 0.25) is 0 Å². The first kappa shape index (κ1) is 14.7. The van der Waals surface area contributed by atoms with Crippen LogP contribution in [-0.2, 0) is 6.54 Å². The van der Waals surface area contributed by atoms with Crippen molar-refractivity contribution in [2.24, 2.45) is 0 Å². The fraction of sp³-hybridized carbons (Fsp3) is 0.200. The highest BCUT2D eigenvalue weighted by molar-refractivity contribution is 5.88. The van der Waals surface area contributed by atoms with Crippen LogP contribution >= 0.6 is 0 Å². The van der Waals surface area contributed by atoms with Crippen LogP contribution in [0.15, 0.2) is 42.6 Å². The minimum atomic E-state index is 0.656. The predicted octanol–water partition coefficient (Wildman–Crippen LogP) is 4.65. The number of rotatable bonds is 3. The highest BCUT2D eigenvalue weighted by Crippen LogP contribution is 2.26. The zero-order valence-corrected chi connectivity index (χ0v) is 14.1. The van der Waals surface area contributed by atoms with Gasteiger partial charge in [-0.1, -0.05) is 29.8 Å². The lowest BCUT2D eigenvalue weighted by molar-refractivity contribution is 1.07. The summed E-state index contributed by atoms with van der Waals surface area (Å²) in [7, 11) is 0. The SMILES string of the molecule is Cc1cc(CNc2ncc3ccccc3n2)c2[nH]c(C)c(C)c2c1. The van der Waals surface area contributed by atoms with E-state index in [0.717, 1.165) is 10.9 Å². The summed E-state index contributed by atoms with van der Waals surface area (Å²) in [5, 5.41) is 5.71. The Morgan fingerprint density at radius 2 is 1.92 bits per heavy atom. The monoisotopic (exact) mass is 316 g/mol. The van der Waals surface area contributed by atoms with E-state index < -0.39 is 0 Å². The van der Waals surface area contributed by atoms with E-state index in [2.05, 4.69) is 53.2 Å². The van der Waals surface area contributed by atoms with Gasteiger partial charge in [0.2, 0.25) is 5.95 Å². The number of fused-ring (bicyclic) bond motifs is 2. The van der Waals surface area contributed by atoms with Crippen LogP contribution < -0.4 is 5.32 Å². The van der Waals surface area contributed by atoms with Gasteiger partial charge < -0.3 is 10.3 Å². The van der Waals surface area contributed by atoms with Crippen LogP contribution in [0.4, 0.5) is 5.95 Å². The maximum atomic E-state index is 4.58. The van der Waals surface area contributed by atoms with Crippen LogP contribution in [0.25, 0.3) is 21.8 Å². The lowest BCUT2D eigenvalue weighted by atomic mass is 10.0. The largest absolute Gasteiger partial charge is 0.358 e. The van der Waals surface area contributed by atoms with Gasteiger partial charge in [-0.2, -0.15) is 0 Å². The normalized spacial score (nSPS) is 11.3. The molecule has 0 unspecified atom stereocenters. The van der Waals surface area contributed by atoms with Crippen molar-refractivity contribution in [3.8, 4) is 0 Å². The van der Waals surface area contributed by atoms with Crippen LogP contribution in [0.5, 0.6) is 0 Å². The fourth-order valence-electron chi connectivity index (χ4n) is 3.16. The first-order valence-electron chi connectivity index (χ1n) is 8.16. The van der Waals surface area contributed by atoms with Crippen molar-refractivity contribution in [3.05, 3.63) is 65.0 Å². The molecule has 0 fully saturated rings. The Balaban J connectivity index is 1.67. The molecule has 0 bridgehead atoms. The number of aromatic nitrogens is 3. The van der Waals surface area contributed by atoms with E-state index in [-0.39, 0.29) is 0 Å². The Kier molecular flexibility index (Phi) is 3.45. The molecule has 0 aliphatic carbocycles. The molecule has 0 saturated carbocycles. The highest BCUT2D eigenvalue weighted by atomic mass is 15.1. The molecule has 24 heavy (non-hydrogen) atoms. The standard InChI is InChI=1S/C20H20N4/c1-12-8-16(19-17(9-12)13(2)14(3)23-19)11-22-20-21-10-15-6-4-5-7-18(15)24-20/h4-10,23H,11H2,1-3H3,(H,21,22,24). The summed E-state index contributed by atoms with van der Waals surface area (Å²) in [5.41, 5.74) is 7.19. The molecule has 0 aliphatic heterocycles. The van der Waals surface area contributed by atoms with Crippen molar-refractivity contribution in [3.63, 3.8) is 0 Å². The number of anilines is 1. The second kappa shape index (κ2) is 5.64. The zero-order valence-electron chi connectivity index (χ0n) is 14.1. The van der Waals surface area contributed by atoms with Crippen molar-refractivity contribution in [2.75, 3.05) is 5.32 Å². The third kappa shape index (κ3) is 2.50. The number of benzene rings is 2. The van der Waals surface area contributed by atoms with Gasteiger partial charge in [-0.3, -0.25) is 0 Å². The van der Waals surface area contributed by atoms with Gasteiger partial charge >= 0.3 is 0 Å². The summed E-state index contributed by atoms with van der Waals surface area (Å²) in [5.74, 6) is 0.656. The average molecular weight is 316 g/mol. The van der Waals surface area contributed by atoms with Crippen molar-refractivity contribution < 1.29 is 0 Å². The molecule has 2 N–H and O–H groups in total. The third-order valence-corrected chi connectivity index (χ3v) is 4.57. The second-order valence-electron chi connectivity index (χ2n) is 6.33. The van der Waals surface area contributed by atoms with Gasteiger partial charge in [-0.15, -0.1) is 0 Å². The fourth-order valence-corrected chi connectivity index (χ4v) is 3.16. The Hall–Kier alpha value is -2.88. The molecule has 4 heteroatoms. The second-order valence-corrected chi connectivity index (χ2v) is 6.33. The van der Waals surface area contributed by atoms with E-state index in [4.69, 9.17) is 0 Å². The molecular formula is C20H20N4. The van der Waals surface area contributed by atoms with Gasteiger partial charge in [-0.05, 0) is 44.0 Å². The lowest BCUT2D eigenvalue weighted by Gasteiger charge is -2.08. The summed E-state index contributed by atoms with van der Waals surface area (Å²) < 4.78 is 0. The number of hydrogen-bond acceptors (Lipinski definition) is 3. The minimum absolute atomic E-state index is 0.656. The van der Waals surface area contributed by atoms with Crippen LogP contribution in [0.3, 0.4) is 0 Å². The van der Waals surface area contributed by atoms with Crippen LogP contribution in [0.1, 0.15) is 22.4 Å². The number of nitrogens with zero attached hydrogens (tertiary/aromatic N) is 2. The van der Waals surface area contributed by atoms with E-state index in [1.165, 1.54) is 33.3 Å². The van der Waals surface area contributed by atoms with Crippen LogP contribution in [-0.4, -0.2) is 15.0 Å². The quantitative estimate of drug-likeness (QED) is 0.578. The van der Waals surface area contributed by atoms with E-state index >= 15 is 0 Å². The van der Waals surface area contributed by atoms with Gasteiger partial charge in [0.05, 0.1) is 11.0 Å². The third-order valence-electron chi connectivity index (χ3n) is 4.57. The van der Waals surface area contributed by atoms with E-state index in [1.807, 2.05) is 30.5 Å². The molecule has 4 aromatic rings. The van der Waals surface area contributed by atoms with Crippen LogP contribution in [0, 0.1) is 20.8 Å². The first-order valence-corrected chi connectivity index (χ1v) is 8.16. The van der Waals surface area contributed by atoms with E-state index in [9.17, 15) is 0 Å². The smallest absolute Gasteiger partial charge is 0.223 e. The van der Waals surface area contributed by atoms with Crippen molar-refractivity contribution >= 4 is 27.8 Å². The summed E-state index contributed by atoms with van der Waals surface area (Å²) in [6.07, 6.45) is 1.86. The molecule has 2 aromatic carbocycles. The first-order chi connectivity index (χ1) is 11.6. The zero-order chi connectivity index (χ0) is 16.7. The molecular weight excluding hydrogens is 296 g/mol. The number of H-pyrrole nitrogens is 1. The molecule has 2 heterocycles. The van der Waals surface area contributed by atoms with Gasteiger partial charge in [0, 0.05) is 29.2 Å². The van der Waals surface area contributed by atoms with E-state index in [1.54, 1.807) is 0 Å². The molecule has 0 saturated heterocycles. The molecule has 0 spiro atoms. The number of nitrogens with one attached hydrogen (secondary N) is 2. The van der Waals surface area contributed by atoms with Gasteiger partial charge in [0.15, 0.2) is 0 Å². The lowest BCUT2D eigenvalue weighted by Crippen LogP contribution is -2.04. The Bertz CT molecular complexity index is 1050. The molecule has 0 radical (unpaired) electrons. The van der Waals surface area contributed by atoms with Gasteiger partial charge in [0.25, 0.3) is 0 Å². The minimum Gasteiger partial charge on any atom is -0.358 e. The molecule has 0 aliphatic rings. The van der Waals surface area contributed by atoms with Gasteiger partial charge in [-0.25, -0.2) is 9.97 Å². The maximum absolute atomic E-state index is 4.58. The number of para-hydroxylation sites is 1. The molecule has 2 aromatic heterocycles. The average Bonchev–Trinajstić information content (AvgIpc) is 2.87. The molecule has 4 rings (SSSR count). The summed E-state index contributed by atoms with van der Waals surface area (Å²) in [6, 6.07) is 12.5. The molecule has 4 nitrogen and oxygen atoms in total. The van der Waals surface area contributed by atoms with Crippen molar-refractivity contribution in [1.82, 2.24) is 15.0 Å². The summed E-state index contributed by atoms with van der Waals surface area (Å²) in [6.45, 7) is 7.11. The Morgan fingerprint density at radius 1 is 1.08 bits per heavy atom. The highest BCUT2D eigenvalue weighted by Gasteiger charge is 2.10. The Morgan fingerprint density at radius 3 is 2.79 bits per heavy atom. The number of hydrogen-bond donors (Lipinski definition) is 2. The number of aromatic amines is 1. The summed E-state index contributed by atoms with van der Waals surface area (Å²) in [4.78, 5) is 12.5. The maximum Gasteiger partial charge on any atom is 0.223 e. The molecule has 120 valence electrons. The molecule has 0 atom stereocenters. The summed E-state index contributed by atoms with van der Waals surface area (Å²) >= 11 is 0. The predicted molar refractivity (Wildman–Crippen MR) is 99.4 cm³/mol. The number of aryl methyl sites for hydroxylation is 3. The molecule has 0 amide bonds. The Labute approximate surface area is 141 Å². The van der Waals surface area contributed by atoms with Crippen molar-refractivity contribution in [1.29, 1.82) is 0 Å². The van der Waals surface area contributed by atoms with Gasteiger partial charge in [0.1, 0.15) is 0 Å². The topological polar surface area (TPSA) is 53.6 Å². The van der Waals surface area contributed by atoms with Crippen molar-refractivity contribution in [2.45, 2.75) is 27.3 Å².